The number of benzene rings is 1. The molecule has 22 heavy (non-hydrogen) atoms. The maximum absolute atomic E-state index is 12.7. The third kappa shape index (κ3) is 2.78. The Bertz CT molecular complexity index is 662. The number of carbonyl (C=O) groups excluding carboxylic acids is 1. The third-order valence-corrected chi connectivity index (χ3v) is 4.62. The molecule has 0 spiro atoms. The van der Waals surface area contributed by atoms with Crippen molar-refractivity contribution in [1.82, 2.24) is 9.78 Å². The topological polar surface area (TPSA) is 46.9 Å². The summed E-state index contributed by atoms with van der Waals surface area (Å²) in [7, 11) is 0. The van der Waals surface area contributed by atoms with Crippen LogP contribution >= 0.6 is 0 Å². The highest BCUT2D eigenvalue weighted by Crippen LogP contribution is 2.32. The van der Waals surface area contributed by atoms with Crippen LogP contribution in [-0.2, 0) is 11.2 Å². The first-order valence-corrected chi connectivity index (χ1v) is 8.13. The maximum Gasteiger partial charge on any atom is 0.233 e. The quantitative estimate of drug-likeness (QED) is 0.930. The van der Waals surface area contributed by atoms with Crippen molar-refractivity contribution < 1.29 is 4.79 Å². The number of hydrogen-bond donors (Lipinski definition) is 1. The smallest absolute Gasteiger partial charge is 0.233 e. The molecule has 0 saturated carbocycles. The van der Waals surface area contributed by atoms with E-state index in [0.717, 1.165) is 31.5 Å². The summed E-state index contributed by atoms with van der Waals surface area (Å²) in [6.45, 7) is 4.23. The minimum Gasteiger partial charge on any atom is -0.310 e. The van der Waals surface area contributed by atoms with Gasteiger partial charge < -0.3 is 5.32 Å². The molecule has 1 aromatic heterocycles. The van der Waals surface area contributed by atoms with Crippen LogP contribution in [0, 0.1) is 0 Å². The maximum atomic E-state index is 12.7. The van der Waals surface area contributed by atoms with E-state index in [-0.39, 0.29) is 17.9 Å². The first-order valence-electron chi connectivity index (χ1n) is 8.13. The molecule has 1 aromatic carbocycles. The molecule has 1 amide bonds. The fraction of sp³-hybridized carbons (Fsp3) is 0.444. The van der Waals surface area contributed by atoms with Crippen molar-refractivity contribution in [2.45, 2.75) is 51.5 Å². The summed E-state index contributed by atoms with van der Waals surface area (Å²) in [6.07, 6.45) is 5.79. The van der Waals surface area contributed by atoms with Gasteiger partial charge in [0.25, 0.3) is 0 Å². The van der Waals surface area contributed by atoms with E-state index in [1.807, 2.05) is 16.8 Å². The second-order valence-electron chi connectivity index (χ2n) is 6.05. The fourth-order valence-corrected chi connectivity index (χ4v) is 3.18. The van der Waals surface area contributed by atoms with Crippen molar-refractivity contribution in [3.05, 3.63) is 47.7 Å². The van der Waals surface area contributed by atoms with Gasteiger partial charge in [-0.25, -0.2) is 4.68 Å². The summed E-state index contributed by atoms with van der Waals surface area (Å²) in [4.78, 5) is 12.7. The van der Waals surface area contributed by atoms with Crippen LogP contribution in [0.1, 0.15) is 56.2 Å². The van der Waals surface area contributed by atoms with Crippen molar-refractivity contribution in [3.8, 4) is 0 Å². The molecule has 0 bridgehead atoms. The first kappa shape index (κ1) is 14.8. The van der Waals surface area contributed by atoms with Crippen molar-refractivity contribution in [1.29, 1.82) is 0 Å². The Morgan fingerprint density at radius 1 is 1.41 bits per heavy atom. The minimum atomic E-state index is -0.0507. The number of amides is 1. The molecule has 4 heteroatoms. The van der Waals surface area contributed by atoms with Crippen LogP contribution in [0.3, 0.4) is 0 Å². The van der Waals surface area contributed by atoms with Gasteiger partial charge in [-0.2, -0.15) is 5.10 Å². The van der Waals surface area contributed by atoms with Gasteiger partial charge >= 0.3 is 0 Å². The number of carbonyl (C=O) groups is 1. The summed E-state index contributed by atoms with van der Waals surface area (Å²) < 4.78 is 1.90. The van der Waals surface area contributed by atoms with Crippen LogP contribution in [0.25, 0.3) is 0 Å². The Balaban J connectivity index is 1.80. The Kier molecular flexibility index (Phi) is 4.27. The van der Waals surface area contributed by atoms with Crippen LogP contribution in [0.5, 0.6) is 0 Å². The molecule has 0 fully saturated rings. The summed E-state index contributed by atoms with van der Waals surface area (Å²) in [6, 6.07) is 10.5. The molecule has 1 aliphatic rings. The molecule has 0 saturated heterocycles. The molecule has 2 atom stereocenters. The number of aromatic nitrogens is 2. The zero-order valence-electron chi connectivity index (χ0n) is 13.2. The Morgan fingerprint density at radius 2 is 2.23 bits per heavy atom. The number of hydrogen-bond acceptors (Lipinski definition) is 2. The highest BCUT2D eigenvalue weighted by molar-refractivity contribution is 5.95. The monoisotopic (exact) mass is 297 g/mol. The lowest BCUT2D eigenvalue weighted by Gasteiger charge is -2.25. The van der Waals surface area contributed by atoms with Crippen LogP contribution in [0.4, 0.5) is 5.82 Å². The van der Waals surface area contributed by atoms with Crippen molar-refractivity contribution >= 4 is 11.7 Å². The van der Waals surface area contributed by atoms with Gasteiger partial charge in [-0.05, 0) is 43.7 Å². The number of aryl methyl sites for hydroxylation is 1. The summed E-state index contributed by atoms with van der Waals surface area (Å²) in [5.74, 6) is 0.824. The first-order chi connectivity index (χ1) is 10.7. The van der Waals surface area contributed by atoms with Gasteiger partial charge in [-0.15, -0.1) is 0 Å². The predicted molar refractivity (Wildman–Crippen MR) is 88.0 cm³/mol. The van der Waals surface area contributed by atoms with E-state index in [9.17, 15) is 4.79 Å². The van der Waals surface area contributed by atoms with Gasteiger partial charge in [0.1, 0.15) is 5.82 Å². The minimum absolute atomic E-state index is 0.0507. The molecule has 1 N–H and O–H groups in total. The number of nitrogens with zero attached hydrogens (tertiary/aromatic N) is 2. The molecule has 2 unspecified atom stereocenters. The normalized spacial score (nSPS) is 18.5. The van der Waals surface area contributed by atoms with Crippen LogP contribution in [0.2, 0.25) is 0 Å². The molecule has 116 valence electrons. The predicted octanol–water partition coefficient (Wildman–Crippen LogP) is 3.91. The Hall–Kier alpha value is -2.10. The van der Waals surface area contributed by atoms with E-state index < -0.39 is 0 Å². The van der Waals surface area contributed by atoms with Gasteiger partial charge in [-0.3, -0.25) is 4.79 Å². The van der Waals surface area contributed by atoms with Crippen molar-refractivity contribution in [2.24, 2.45) is 0 Å². The van der Waals surface area contributed by atoms with Crippen molar-refractivity contribution in [2.75, 3.05) is 5.32 Å². The van der Waals surface area contributed by atoms with Crippen LogP contribution < -0.4 is 5.32 Å². The second-order valence-corrected chi connectivity index (χ2v) is 6.05. The van der Waals surface area contributed by atoms with E-state index in [2.05, 4.69) is 42.5 Å². The average molecular weight is 297 g/mol. The van der Waals surface area contributed by atoms with Gasteiger partial charge in [-0.1, -0.05) is 31.2 Å². The van der Waals surface area contributed by atoms with Gasteiger partial charge in [0.15, 0.2) is 0 Å². The molecule has 2 aromatic rings. The van der Waals surface area contributed by atoms with E-state index in [4.69, 9.17) is 0 Å². The van der Waals surface area contributed by atoms with E-state index in [1.54, 1.807) is 6.20 Å². The van der Waals surface area contributed by atoms with Crippen LogP contribution in [-0.4, -0.2) is 15.7 Å². The zero-order chi connectivity index (χ0) is 15.5. The molecule has 4 nitrogen and oxygen atoms in total. The SMILES string of the molecule is CCC(C)n1nccc1NC(=O)C1CCCc2ccccc21. The van der Waals surface area contributed by atoms with E-state index in [1.165, 1.54) is 11.1 Å². The highest BCUT2D eigenvalue weighted by Gasteiger charge is 2.27. The number of rotatable bonds is 4. The second kappa shape index (κ2) is 6.34. The molecule has 0 aliphatic heterocycles. The lowest BCUT2D eigenvalue weighted by Crippen LogP contribution is -2.26. The van der Waals surface area contributed by atoms with E-state index in [0.29, 0.717) is 0 Å². The lowest BCUT2D eigenvalue weighted by molar-refractivity contribution is -0.117. The summed E-state index contributed by atoms with van der Waals surface area (Å²) in [5.41, 5.74) is 2.49. The average Bonchev–Trinajstić information content (AvgIpc) is 3.01. The van der Waals surface area contributed by atoms with E-state index >= 15 is 0 Å². The standard InChI is InChI=1S/C18H23N3O/c1-3-13(2)21-17(11-12-19-21)20-18(22)16-10-6-8-14-7-4-5-9-15(14)16/h4-5,7,9,11-13,16H,3,6,8,10H2,1-2H3,(H,20,22). The molecule has 0 radical (unpaired) electrons. The highest BCUT2D eigenvalue weighted by atomic mass is 16.2. The Morgan fingerprint density at radius 3 is 3.05 bits per heavy atom. The largest absolute Gasteiger partial charge is 0.310 e. The zero-order valence-corrected chi connectivity index (χ0v) is 13.2. The molecular formula is C18H23N3O. The molecule has 1 heterocycles. The van der Waals surface area contributed by atoms with Crippen molar-refractivity contribution in [3.63, 3.8) is 0 Å². The summed E-state index contributed by atoms with van der Waals surface area (Å²) in [5, 5.41) is 7.41. The van der Waals surface area contributed by atoms with Gasteiger partial charge in [0.05, 0.1) is 18.2 Å². The number of fused-ring (bicyclic) bond motifs is 1. The lowest BCUT2D eigenvalue weighted by atomic mass is 9.82. The molecule has 3 rings (SSSR count). The number of anilines is 1. The third-order valence-electron chi connectivity index (χ3n) is 4.62. The van der Waals surface area contributed by atoms with Crippen LogP contribution in [0.15, 0.2) is 36.5 Å². The fourth-order valence-electron chi connectivity index (χ4n) is 3.18. The molecular weight excluding hydrogens is 274 g/mol. The molecule has 1 aliphatic carbocycles. The number of nitrogens with one attached hydrogen (secondary N) is 1. The van der Waals surface area contributed by atoms with Gasteiger partial charge in [0, 0.05) is 6.07 Å². The van der Waals surface area contributed by atoms with Gasteiger partial charge in [0.2, 0.25) is 5.91 Å². The Labute approximate surface area is 131 Å². The summed E-state index contributed by atoms with van der Waals surface area (Å²) >= 11 is 0.